The van der Waals surface area contributed by atoms with Gasteiger partial charge in [-0.25, -0.2) is 0 Å². The van der Waals surface area contributed by atoms with Gasteiger partial charge in [0.25, 0.3) is 17.8 Å². The fraction of sp³-hybridized carbons (Fsp3) is 0.233. The van der Waals surface area contributed by atoms with Crippen LogP contribution in [-0.4, -0.2) is 51.4 Å². The Morgan fingerprint density at radius 2 is 1.70 bits per heavy atom. The first-order chi connectivity index (χ1) is 21.1. The van der Waals surface area contributed by atoms with E-state index in [-0.39, 0.29) is 35.1 Å². The van der Waals surface area contributed by atoms with Crippen LogP contribution in [0.2, 0.25) is 0 Å². The maximum Gasteiger partial charge on any atom is 0.573 e. The molecular weight excluding hydrogens is 579 g/mol. The number of amides is 3. The molecule has 1 aliphatic rings. The number of benzene rings is 3. The van der Waals surface area contributed by atoms with Crippen LogP contribution in [-0.2, 0) is 11.3 Å². The van der Waals surface area contributed by atoms with E-state index in [1.807, 2.05) is 0 Å². The summed E-state index contributed by atoms with van der Waals surface area (Å²) in [6, 6.07) is 18.0. The molecule has 3 aromatic carbocycles. The quantitative estimate of drug-likeness (QED) is 0.222. The lowest BCUT2D eigenvalue weighted by atomic mass is 10.1. The van der Waals surface area contributed by atoms with E-state index < -0.39 is 23.9 Å². The molecule has 1 fully saturated rings. The Balaban J connectivity index is 1.32. The first-order valence-corrected chi connectivity index (χ1v) is 13.7. The third-order valence-electron chi connectivity index (χ3n) is 6.82. The number of aryl methyl sites for hydroxylation is 1. The van der Waals surface area contributed by atoms with Gasteiger partial charge in [-0.05, 0) is 79.9 Å². The number of aromatic nitrogens is 3. The van der Waals surface area contributed by atoms with Crippen LogP contribution in [0.3, 0.4) is 0 Å². The Morgan fingerprint density at radius 1 is 0.977 bits per heavy atom. The molecule has 1 atom stereocenters. The smallest absolute Gasteiger partial charge is 0.406 e. The fourth-order valence-corrected chi connectivity index (χ4v) is 4.58. The number of nitrogens with zero attached hydrogens (tertiary/aromatic N) is 3. The number of hydrogen-bond donors (Lipinski definition) is 4. The van der Waals surface area contributed by atoms with Gasteiger partial charge in [0.05, 0.1) is 11.7 Å². The molecule has 3 amide bonds. The van der Waals surface area contributed by atoms with Crippen LogP contribution < -0.4 is 26.0 Å². The van der Waals surface area contributed by atoms with Gasteiger partial charge in [-0.3, -0.25) is 25.0 Å². The van der Waals surface area contributed by atoms with Gasteiger partial charge in [0, 0.05) is 17.7 Å². The molecule has 0 bridgehead atoms. The third kappa shape index (κ3) is 7.58. The van der Waals surface area contributed by atoms with Gasteiger partial charge in [0.1, 0.15) is 5.75 Å². The zero-order chi connectivity index (χ0) is 31.3. The molecule has 2 heterocycles. The van der Waals surface area contributed by atoms with Gasteiger partial charge in [-0.1, -0.05) is 30.3 Å². The average molecular weight is 608 g/mol. The van der Waals surface area contributed by atoms with Crippen LogP contribution in [0.4, 0.5) is 25.1 Å². The second-order valence-corrected chi connectivity index (χ2v) is 10.00. The maximum atomic E-state index is 13.0. The maximum absolute atomic E-state index is 13.0. The summed E-state index contributed by atoms with van der Waals surface area (Å²) < 4.78 is 43.0. The standard InChI is InChI=1S/C30H28F3N7O4/c1-18-5-2-3-6-23(18)26(42)37-29-38-28(39-40(29)21-12-14-22(15-13-21)44-30(31,32)33)36-25(41)20-10-8-19(9-11-20)17-35-27(43)24-7-4-16-34-24/h2-3,5-6,8-15,24,34H,4,7,16-17H2,1H3,(H,35,43)(H2,36,37,38,39,41,42). The molecule has 14 heteroatoms. The lowest BCUT2D eigenvalue weighted by molar-refractivity contribution is -0.274. The van der Waals surface area contributed by atoms with Crippen molar-refractivity contribution in [3.63, 3.8) is 0 Å². The van der Waals surface area contributed by atoms with Crippen molar-refractivity contribution >= 4 is 29.6 Å². The molecule has 0 spiro atoms. The van der Waals surface area contributed by atoms with Crippen LogP contribution in [0.5, 0.6) is 5.75 Å². The average Bonchev–Trinajstić information content (AvgIpc) is 3.67. The van der Waals surface area contributed by atoms with Gasteiger partial charge in [0.2, 0.25) is 11.9 Å². The summed E-state index contributed by atoms with van der Waals surface area (Å²) in [4.78, 5) is 42.5. The highest BCUT2D eigenvalue weighted by Crippen LogP contribution is 2.25. The number of nitrogens with one attached hydrogen (secondary N) is 4. The summed E-state index contributed by atoms with van der Waals surface area (Å²) in [5.41, 5.74) is 2.41. The van der Waals surface area contributed by atoms with E-state index in [0.717, 1.165) is 37.1 Å². The SMILES string of the molecule is Cc1ccccc1C(=O)Nc1nc(NC(=O)c2ccc(CNC(=O)C3CCCN3)cc2)nn1-c1ccc(OC(F)(F)F)cc1. The molecule has 0 aliphatic carbocycles. The van der Waals surface area contributed by atoms with Crippen molar-refractivity contribution in [1.29, 1.82) is 0 Å². The van der Waals surface area contributed by atoms with Gasteiger partial charge in [-0.2, -0.15) is 9.67 Å². The third-order valence-corrected chi connectivity index (χ3v) is 6.82. The Kier molecular flexibility index (Phi) is 8.90. The van der Waals surface area contributed by atoms with Crippen molar-refractivity contribution in [1.82, 2.24) is 25.4 Å². The van der Waals surface area contributed by atoms with Crippen molar-refractivity contribution in [2.75, 3.05) is 17.2 Å². The number of alkyl halides is 3. The second-order valence-electron chi connectivity index (χ2n) is 10.00. The van der Waals surface area contributed by atoms with Crippen LogP contribution >= 0.6 is 0 Å². The number of halogens is 3. The van der Waals surface area contributed by atoms with Crippen molar-refractivity contribution in [2.24, 2.45) is 0 Å². The van der Waals surface area contributed by atoms with Crippen LogP contribution in [0, 0.1) is 6.92 Å². The molecule has 11 nitrogen and oxygen atoms in total. The Morgan fingerprint density at radius 3 is 2.36 bits per heavy atom. The van der Waals surface area contributed by atoms with Gasteiger partial charge >= 0.3 is 6.36 Å². The minimum Gasteiger partial charge on any atom is -0.406 e. The molecular formula is C30H28F3N7O4. The highest BCUT2D eigenvalue weighted by atomic mass is 19.4. The first-order valence-electron chi connectivity index (χ1n) is 13.7. The summed E-state index contributed by atoms with van der Waals surface area (Å²) in [6.45, 7) is 2.89. The van der Waals surface area contributed by atoms with Crippen LogP contribution in [0.25, 0.3) is 5.69 Å². The van der Waals surface area contributed by atoms with Crippen molar-refractivity contribution < 1.29 is 32.3 Å². The highest BCUT2D eigenvalue weighted by molar-refractivity contribution is 6.05. The largest absolute Gasteiger partial charge is 0.573 e. The van der Waals surface area contributed by atoms with E-state index >= 15 is 0 Å². The van der Waals surface area contributed by atoms with E-state index in [1.54, 1.807) is 55.5 Å². The zero-order valence-corrected chi connectivity index (χ0v) is 23.4. The molecule has 4 aromatic rings. The van der Waals surface area contributed by atoms with E-state index in [2.05, 4.69) is 36.1 Å². The summed E-state index contributed by atoms with van der Waals surface area (Å²) in [5, 5.41) is 15.5. The lowest BCUT2D eigenvalue weighted by Crippen LogP contribution is -2.39. The summed E-state index contributed by atoms with van der Waals surface area (Å²) in [6.07, 6.45) is -3.11. The summed E-state index contributed by atoms with van der Waals surface area (Å²) in [7, 11) is 0. The topological polar surface area (TPSA) is 139 Å². The molecule has 0 saturated carbocycles. The second kappa shape index (κ2) is 13.0. The van der Waals surface area contributed by atoms with Crippen molar-refractivity contribution in [3.05, 3.63) is 95.1 Å². The lowest BCUT2D eigenvalue weighted by Gasteiger charge is -2.11. The molecule has 0 radical (unpaired) electrons. The molecule has 5 rings (SSSR count). The Labute approximate surface area is 249 Å². The number of rotatable bonds is 9. The predicted octanol–water partition coefficient (Wildman–Crippen LogP) is 4.35. The minimum absolute atomic E-state index is 0.0705. The zero-order valence-electron chi connectivity index (χ0n) is 23.4. The minimum atomic E-state index is -4.86. The van der Waals surface area contributed by atoms with Gasteiger partial charge < -0.3 is 15.4 Å². The van der Waals surface area contributed by atoms with Crippen molar-refractivity contribution in [3.8, 4) is 11.4 Å². The molecule has 1 saturated heterocycles. The molecule has 1 aliphatic heterocycles. The summed E-state index contributed by atoms with van der Waals surface area (Å²) in [5.74, 6) is -1.80. The number of hydrogen-bond acceptors (Lipinski definition) is 7. The fourth-order valence-electron chi connectivity index (χ4n) is 4.58. The molecule has 1 unspecified atom stereocenters. The first kappa shape index (κ1) is 30.2. The Hall–Kier alpha value is -5.24. The van der Waals surface area contributed by atoms with Crippen LogP contribution in [0.15, 0.2) is 72.8 Å². The Bertz CT molecular complexity index is 1650. The summed E-state index contributed by atoms with van der Waals surface area (Å²) >= 11 is 0. The van der Waals surface area contributed by atoms with Crippen molar-refractivity contribution in [2.45, 2.75) is 38.7 Å². The molecule has 4 N–H and O–H groups in total. The number of carbonyl (C=O) groups is 3. The predicted molar refractivity (Wildman–Crippen MR) is 154 cm³/mol. The molecule has 44 heavy (non-hydrogen) atoms. The number of anilines is 2. The van der Waals surface area contributed by atoms with E-state index in [0.29, 0.717) is 17.7 Å². The van der Waals surface area contributed by atoms with Crippen LogP contribution in [0.1, 0.15) is 44.7 Å². The van der Waals surface area contributed by atoms with E-state index in [1.165, 1.54) is 16.8 Å². The highest BCUT2D eigenvalue weighted by Gasteiger charge is 2.31. The van der Waals surface area contributed by atoms with E-state index in [4.69, 9.17) is 0 Å². The number of carbonyl (C=O) groups excluding carboxylic acids is 3. The normalized spacial score (nSPS) is 14.6. The molecule has 1 aromatic heterocycles. The van der Waals surface area contributed by atoms with E-state index in [9.17, 15) is 27.6 Å². The number of ether oxygens (including phenoxy) is 1. The van der Waals surface area contributed by atoms with Gasteiger partial charge in [-0.15, -0.1) is 18.3 Å². The monoisotopic (exact) mass is 607 g/mol. The van der Waals surface area contributed by atoms with Gasteiger partial charge in [0.15, 0.2) is 0 Å². The molecule has 228 valence electrons.